The predicted octanol–water partition coefficient (Wildman–Crippen LogP) is -1.08. The third kappa shape index (κ3) is 3.63. The van der Waals surface area contributed by atoms with Crippen LogP contribution in [-0.4, -0.2) is 78.1 Å². The summed E-state index contributed by atoms with van der Waals surface area (Å²) >= 11 is 0. The second-order valence-electron chi connectivity index (χ2n) is 5.87. The minimum Gasteiger partial charge on any atom is -0.480 e. The molecule has 0 aromatic carbocycles. The fourth-order valence-corrected chi connectivity index (χ4v) is 2.89. The van der Waals surface area contributed by atoms with Gasteiger partial charge < -0.3 is 20.6 Å². The summed E-state index contributed by atoms with van der Waals surface area (Å²) in [5.41, 5.74) is 0. The van der Waals surface area contributed by atoms with Gasteiger partial charge in [-0.2, -0.15) is 0 Å². The molecule has 3 atom stereocenters. The number of carbonyl (C=O) groups excluding carboxylic acids is 2. The minimum absolute atomic E-state index is 0.00753. The Labute approximate surface area is 123 Å². The summed E-state index contributed by atoms with van der Waals surface area (Å²) in [6.45, 7) is 3.55. The summed E-state index contributed by atoms with van der Waals surface area (Å²) in [6.07, 6.45) is 0.821. The van der Waals surface area contributed by atoms with E-state index in [9.17, 15) is 14.4 Å². The van der Waals surface area contributed by atoms with E-state index in [0.29, 0.717) is 0 Å². The van der Waals surface area contributed by atoms with Gasteiger partial charge in [-0.05, 0) is 25.9 Å². The molecule has 0 bridgehead atoms. The van der Waals surface area contributed by atoms with E-state index in [1.807, 2.05) is 7.05 Å². The Hall–Kier alpha value is -1.83. The van der Waals surface area contributed by atoms with Crippen molar-refractivity contribution in [3.05, 3.63) is 0 Å². The van der Waals surface area contributed by atoms with Crippen LogP contribution in [0.1, 0.15) is 13.3 Å². The average Bonchev–Trinajstić information content (AvgIpc) is 2.41. The molecule has 2 aliphatic rings. The van der Waals surface area contributed by atoms with E-state index < -0.39 is 18.0 Å². The minimum atomic E-state index is -1.11. The molecule has 0 radical (unpaired) electrons. The number of likely N-dealkylation sites (tertiary alicyclic amines) is 1. The van der Waals surface area contributed by atoms with Crippen molar-refractivity contribution < 1.29 is 19.5 Å². The molecule has 8 nitrogen and oxygen atoms in total. The molecular formula is C13H22N4O4. The van der Waals surface area contributed by atoms with E-state index in [0.717, 1.165) is 24.4 Å². The Kier molecular flexibility index (Phi) is 4.66. The number of nitrogens with one attached hydrogen (secondary N) is 2. The lowest BCUT2D eigenvalue weighted by molar-refractivity contribution is -0.144. The first-order chi connectivity index (χ1) is 9.88. The van der Waals surface area contributed by atoms with Crippen molar-refractivity contribution in [2.75, 3.05) is 33.2 Å². The average molecular weight is 298 g/mol. The highest BCUT2D eigenvalue weighted by Gasteiger charge is 2.36. The fourth-order valence-electron chi connectivity index (χ4n) is 2.89. The topological polar surface area (TPSA) is 102 Å². The smallest absolute Gasteiger partial charge is 0.328 e. The maximum atomic E-state index is 12.3. The van der Waals surface area contributed by atoms with Gasteiger partial charge in [-0.1, -0.05) is 6.92 Å². The Balaban J connectivity index is 2.00. The lowest BCUT2D eigenvalue weighted by atomic mass is 9.94. The second kappa shape index (κ2) is 6.30. The van der Waals surface area contributed by atoms with Gasteiger partial charge >= 0.3 is 12.0 Å². The number of rotatable bonds is 2. The first kappa shape index (κ1) is 15.6. The maximum Gasteiger partial charge on any atom is 0.328 e. The largest absolute Gasteiger partial charge is 0.480 e. The number of urea groups is 1. The van der Waals surface area contributed by atoms with Crippen LogP contribution in [0.4, 0.5) is 4.79 Å². The van der Waals surface area contributed by atoms with Gasteiger partial charge in [-0.15, -0.1) is 0 Å². The van der Waals surface area contributed by atoms with Gasteiger partial charge in [0, 0.05) is 19.1 Å². The number of carbonyl (C=O) groups is 3. The van der Waals surface area contributed by atoms with Gasteiger partial charge in [0.1, 0.15) is 12.6 Å². The lowest BCUT2D eigenvalue weighted by Gasteiger charge is -2.38. The predicted molar refractivity (Wildman–Crippen MR) is 74.7 cm³/mol. The molecule has 0 saturated carbocycles. The van der Waals surface area contributed by atoms with Crippen LogP contribution < -0.4 is 10.6 Å². The Morgan fingerprint density at radius 3 is 2.76 bits per heavy atom. The molecule has 8 heteroatoms. The zero-order valence-corrected chi connectivity index (χ0v) is 12.3. The first-order valence-electron chi connectivity index (χ1n) is 7.13. The molecule has 2 aliphatic heterocycles. The number of carboxylic acid groups (broad SMARTS) is 1. The number of hydrogen-bond acceptors (Lipinski definition) is 4. The van der Waals surface area contributed by atoms with Crippen LogP contribution in [0.25, 0.3) is 0 Å². The molecule has 3 N–H and O–H groups in total. The summed E-state index contributed by atoms with van der Waals surface area (Å²) in [7, 11) is 2.03. The monoisotopic (exact) mass is 298 g/mol. The third-order valence-electron chi connectivity index (χ3n) is 4.15. The van der Waals surface area contributed by atoms with Gasteiger partial charge in [-0.3, -0.25) is 9.69 Å². The summed E-state index contributed by atoms with van der Waals surface area (Å²) in [5, 5.41) is 14.5. The first-order valence-corrected chi connectivity index (χ1v) is 7.13. The van der Waals surface area contributed by atoms with Crippen LogP contribution in [0, 0.1) is 5.92 Å². The number of amides is 3. The van der Waals surface area contributed by atoms with Crippen molar-refractivity contribution in [3.8, 4) is 0 Å². The number of piperidine rings is 1. The molecule has 3 unspecified atom stereocenters. The molecule has 2 rings (SSSR count). The Morgan fingerprint density at radius 1 is 1.43 bits per heavy atom. The number of hydrogen-bond donors (Lipinski definition) is 3. The normalized spacial score (nSPS) is 30.7. The van der Waals surface area contributed by atoms with Gasteiger partial charge in [-0.25, -0.2) is 9.59 Å². The van der Waals surface area contributed by atoms with E-state index in [1.165, 1.54) is 0 Å². The number of nitrogens with zero attached hydrogens (tertiary/aromatic N) is 2. The van der Waals surface area contributed by atoms with Gasteiger partial charge in [0.25, 0.3) is 0 Å². The summed E-state index contributed by atoms with van der Waals surface area (Å²) in [4.78, 5) is 38.2. The highest BCUT2D eigenvalue weighted by molar-refractivity contribution is 5.90. The SMILES string of the molecule is CC1CN(C)CCC1NC(=O)N1CC(=O)NCC1C(=O)O. The van der Waals surface area contributed by atoms with Crippen molar-refractivity contribution in [3.63, 3.8) is 0 Å². The van der Waals surface area contributed by atoms with Crippen LogP contribution in [0.3, 0.4) is 0 Å². The third-order valence-corrected chi connectivity index (χ3v) is 4.15. The van der Waals surface area contributed by atoms with E-state index >= 15 is 0 Å². The van der Waals surface area contributed by atoms with Crippen molar-refractivity contribution >= 4 is 17.9 Å². The van der Waals surface area contributed by atoms with E-state index in [2.05, 4.69) is 22.5 Å². The number of aliphatic carboxylic acids is 1. The molecular weight excluding hydrogens is 276 g/mol. The van der Waals surface area contributed by atoms with Crippen molar-refractivity contribution in [2.45, 2.75) is 25.4 Å². The number of carboxylic acids is 1. The van der Waals surface area contributed by atoms with Crippen LogP contribution >= 0.6 is 0 Å². The Morgan fingerprint density at radius 2 is 2.14 bits per heavy atom. The van der Waals surface area contributed by atoms with Crippen molar-refractivity contribution in [1.82, 2.24) is 20.4 Å². The molecule has 2 heterocycles. The molecule has 118 valence electrons. The fraction of sp³-hybridized carbons (Fsp3) is 0.769. The maximum absolute atomic E-state index is 12.3. The van der Waals surface area contributed by atoms with Crippen LogP contribution in [0.5, 0.6) is 0 Å². The molecule has 0 aromatic rings. The summed E-state index contributed by atoms with van der Waals surface area (Å²) in [6, 6.07) is -1.48. The molecule has 2 saturated heterocycles. The summed E-state index contributed by atoms with van der Waals surface area (Å²) in [5.74, 6) is -1.16. The molecule has 0 aromatic heterocycles. The highest BCUT2D eigenvalue weighted by Crippen LogP contribution is 2.16. The standard InChI is InChI=1S/C13H22N4O4/c1-8-6-16(2)4-3-9(8)15-13(21)17-7-11(18)14-5-10(17)12(19)20/h8-10H,3-7H2,1-2H3,(H,14,18)(H,15,21)(H,19,20). The molecule has 0 aliphatic carbocycles. The molecule has 0 spiro atoms. The number of piperazine rings is 1. The van der Waals surface area contributed by atoms with Crippen molar-refractivity contribution in [2.24, 2.45) is 5.92 Å². The molecule has 3 amide bonds. The van der Waals surface area contributed by atoms with Crippen molar-refractivity contribution in [1.29, 1.82) is 0 Å². The summed E-state index contributed by atoms with van der Waals surface area (Å²) < 4.78 is 0. The van der Waals surface area contributed by atoms with Crippen LogP contribution in [-0.2, 0) is 9.59 Å². The van der Waals surface area contributed by atoms with Gasteiger partial charge in [0.15, 0.2) is 0 Å². The quantitative estimate of drug-likeness (QED) is 0.602. The van der Waals surface area contributed by atoms with E-state index in [1.54, 1.807) is 0 Å². The highest BCUT2D eigenvalue weighted by atomic mass is 16.4. The van der Waals surface area contributed by atoms with Crippen LogP contribution in [0.2, 0.25) is 0 Å². The second-order valence-corrected chi connectivity index (χ2v) is 5.87. The van der Waals surface area contributed by atoms with E-state index in [-0.39, 0.29) is 31.0 Å². The zero-order chi connectivity index (χ0) is 15.6. The van der Waals surface area contributed by atoms with Crippen LogP contribution in [0.15, 0.2) is 0 Å². The zero-order valence-electron chi connectivity index (χ0n) is 12.3. The van der Waals surface area contributed by atoms with Gasteiger partial charge in [0.05, 0.1) is 0 Å². The van der Waals surface area contributed by atoms with Gasteiger partial charge in [0.2, 0.25) is 5.91 Å². The molecule has 2 fully saturated rings. The Bertz CT molecular complexity index is 442. The van der Waals surface area contributed by atoms with E-state index in [4.69, 9.17) is 5.11 Å². The lowest BCUT2D eigenvalue weighted by Crippen LogP contribution is -2.63. The molecule has 21 heavy (non-hydrogen) atoms.